The van der Waals surface area contributed by atoms with Crippen LogP contribution in [-0.4, -0.2) is 14.8 Å². The highest BCUT2D eigenvalue weighted by Gasteiger charge is 2.40. The zero-order chi connectivity index (χ0) is 20.1. The molecule has 6 rings (SSSR count). The van der Waals surface area contributed by atoms with Crippen molar-refractivity contribution in [3.05, 3.63) is 112 Å². The van der Waals surface area contributed by atoms with E-state index in [1.54, 1.807) is 6.33 Å². The van der Waals surface area contributed by atoms with Crippen molar-refractivity contribution >= 4 is 23.2 Å². The van der Waals surface area contributed by atoms with E-state index in [9.17, 15) is 0 Å². The maximum atomic E-state index is 6.57. The van der Waals surface area contributed by atoms with Gasteiger partial charge in [0.25, 0.3) is 0 Å². The summed E-state index contributed by atoms with van der Waals surface area (Å²) >= 11 is 6.35. The lowest BCUT2D eigenvalue weighted by molar-refractivity contribution is 0.223. The van der Waals surface area contributed by atoms with Crippen LogP contribution in [0.5, 0.6) is 5.75 Å². The van der Waals surface area contributed by atoms with Gasteiger partial charge in [-0.2, -0.15) is 10.1 Å². The number of ether oxygens (including phenoxy) is 1. The van der Waals surface area contributed by atoms with E-state index in [-0.39, 0.29) is 12.1 Å². The highest BCUT2D eigenvalue weighted by molar-refractivity contribution is 6.30. The summed E-state index contributed by atoms with van der Waals surface area (Å²) in [5.41, 5.74) is 5.19. The number of rotatable bonds is 2. The van der Waals surface area contributed by atoms with E-state index in [0.29, 0.717) is 11.0 Å². The topological polar surface area (TPSA) is 52.0 Å². The lowest BCUT2D eigenvalue weighted by atomic mass is 9.84. The van der Waals surface area contributed by atoms with Gasteiger partial charge in [-0.1, -0.05) is 72.3 Å². The average molecular weight is 413 g/mol. The van der Waals surface area contributed by atoms with Crippen LogP contribution < -0.4 is 10.1 Å². The number of fused-ring (bicyclic) bond motifs is 3. The minimum Gasteiger partial charge on any atom is -0.480 e. The Kier molecular flexibility index (Phi) is 3.89. The normalized spacial score (nSPS) is 19.2. The number of hydrogen-bond donors (Lipinski definition) is 1. The second kappa shape index (κ2) is 6.75. The summed E-state index contributed by atoms with van der Waals surface area (Å²) in [5.74, 6) is 1.49. The summed E-state index contributed by atoms with van der Waals surface area (Å²) in [6.07, 6.45) is 1.30. The molecule has 146 valence electrons. The van der Waals surface area contributed by atoms with E-state index < -0.39 is 0 Å². The molecule has 1 N–H and O–H groups in total. The maximum absolute atomic E-state index is 6.57. The minimum absolute atomic E-state index is 0.155. The Balaban J connectivity index is 1.65. The predicted molar refractivity (Wildman–Crippen MR) is 116 cm³/mol. The summed E-state index contributed by atoms with van der Waals surface area (Å²) < 4.78 is 8.49. The van der Waals surface area contributed by atoms with Crippen LogP contribution in [0.2, 0.25) is 5.02 Å². The lowest BCUT2D eigenvalue weighted by Gasteiger charge is -2.39. The molecule has 2 aliphatic rings. The first-order chi connectivity index (χ1) is 14.8. The second-order valence-electron chi connectivity index (χ2n) is 7.35. The Hall–Kier alpha value is -3.57. The summed E-state index contributed by atoms with van der Waals surface area (Å²) in [6.45, 7) is 0. The molecule has 0 bridgehead atoms. The first-order valence-corrected chi connectivity index (χ1v) is 10.1. The van der Waals surface area contributed by atoms with Crippen molar-refractivity contribution in [2.24, 2.45) is 0 Å². The van der Waals surface area contributed by atoms with Gasteiger partial charge >= 0.3 is 0 Å². The van der Waals surface area contributed by atoms with Gasteiger partial charge in [-0.05, 0) is 29.3 Å². The molecule has 2 atom stereocenters. The van der Waals surface area contributed by atoms with E-state index >= 15 is 0 Å². The molecule has 1 aromatic heterocycles. The van der Waals surface area contributed by atoms with Gasteiger partial charge in [0.1, 0.15) is 24.2 Å². The molecule has 0 saturated carbocycles. The van der Waals surface area contributed by atoms with Crippen LogP contribution in [0.4, 0.5) is 5.95 Å². The van der Waals surface area contributed by atoms with E-state index in [1.165, 1.54) is 0 Å². The molecular weight excluding hydrogens is 396 g/mol. The van der Waals surface area contributed by atoms with Gasteiger partial charge in [0.2, 0.25) is 5.95 Å². The van der Waals surface area contributed by atoms with Gasteiger partial charge in [-0.3, -0.25) is 0 Å². The number of nitrogens with zero attached hydrogens (tertiary/aromatic N) is 3. The molecule has 6 heteroatoms. The Morgan fingerprint density at radius 2 is 1.63 bits per heavy atom. The molecule has 30 heavy (non-hydrogen) atoms. The zero-order valence-electron chi connectivity index (χ0n) is 15.9. The SMILES string of the molecule is Clc1ccc2c(c1)C1=C([C@H](c3ccccc3)O2)[C@H](c2ccccc2)n2ncnc2N1. The van der Waals surface area contributed by atoms with E-state index in [4.69, 9.17) is 16.3 Å². The van der Waals surface area contributed by atoms with Crippen LogP contribution in [0.1, 0.15) is 28.8 Å². The highest BCUT2D eigenvalue weighted by atomic mass is 35.5. The van der Waals surface area contributed by atoms with E-state index in [1.807, 2.05) is 59.3 Å². The first kappa shape index (κ1) is 17.3. The maximum Gasteiger partial charge on any atom is 0.226 e. The van der Waals surface area contributed by atoms with E-state index in [2.05, 4.69) is 39.7 Å². The molecule has 0 unspecified atom stereocenters. The van der Waals surface area contributed by atoms with Crippen LogP contribution >= 0.6 is 11.6 Å². The molecule has 2 aliphatic heterocycles. The Bertz CT molecular complexity index is 1270. The largest absolute Gasteiger partial charge is 0.480 e. The smallest absolute Gasteiger partial charge is 0.226 e. The fraction of sp³-hybridized carbons (Fsp3) is 0.0833. The Morgan fingerprint density at radius 3 is 2.40 bits per heavy atom. The molecule has 0 radical (unpaired) electrons. The number of aromatic nitrogens is 3. The monoisotopic (exact) mass is 412 g/mol. The number of anilines is 1. The third kappa shape index (κ3) is 2.63. The fourth-order valence-corrected chi connectivity index (χ4v) is 4.47. The molecule has 0 spiro atoms. The van der Waals surface area contributed by atoms with Gasteiger partial charge in [-0.15, -0.1) is 0 Å². The van der Waals surface area contributed by atoms with Crippen LogP contribution in [0, 0.1) is 0 Å². The van der Waals surface area contributed by atoms with Crippen LogP contribution in [-0.2, 0) is 0 Å². The van der Waals surface area contributed by atoms with Gasteiger partial charge in [0.05, 0.1) is 5.70 Å². The van der Waals surface area contributed by atoms with Crippen molar-refractivity contribution in [3.63, 3.8) is 0 Å². The molecule has 0 saturated heterocycles. The molecule has 0 aliphatic carbocycles. The standard InChI is InChI=1S/C24H17ClN4O/c25-17-11-12-19-18(13-17)21-20(23(30-19)16-9-5-2-6-10-16)22(15-7-3-1-4-8-15)29-24(28-21)26-14-27-29/h1-14,22-23H,(H,26,27,28)/t22-,23-/m0/s1. The van der Waals surface area contributed by atoms with E-state index in [0.717, 1.165) is 33.7 Å². The molecule has 5 nitrogen and oxygen atoms in total. The van der Waals surface area contributed by atoms with Crippen molar-refractivity contribution < 1.29 is 4.74 Å². The number of benzene rings is 3. The fourth-order valence-electron chi connectivity index (χ4n) is 4.30. The molecule has 4 aromatic rings. The Labute approximate surface area is 178 Å². The van der Waals surface area contributed by atoms with Gasteiger partial charge < -0.3 is 10.1 Å². The third-order valence-electron chi connectivity index (χ3n) is 5.59. The quantitative estimate of drug-likeness (QED) is 0.473. The van der Waals surface area contributed by atoms with Crippen molar-refractivity contribution in [1.82, 2.24) is 14.8 Å². The van der Waals surface area contributed by atoms with Gasteiger partial charge in [0, 0.05) is 16.2 Å². The Morgan fingerprint density at radius 1 is 0.900 bits per heavy atom. The minimum atomic E-state index is -0.273. The molecule has 3 heterocycles. The summed E-state index contributed by atoms with van der Waals surface area (Å²) in [6, 6.07) is 26.2. The lowest BCUT2D eigenvalue weighted by Crippen LogP contribution is -2.32. The molecular formula is C24H17ClN4O. The third-order valence-corrected chi connectivity index (χ3v) is 5.83. The van der Waals surface area contributed by atoms with Crippen molar-refractivity contribution in [2.75, 3.05) is 5.32 Å². The number of halogens is 1. The van der Waals surface area contributed by atoms with Crippen molar-refractivity contribution in [1.29, 1.82) is 0 Å². The van der Waals surface area contributed by atoms with Crippen LogP contribution in [0.3, 0.4) is 0 Å². The summed E-state index contributed by atoms with van der Waals surface area (Å²) in [4.78, 5) is 4.45. The van der Waals surface area contributed by atoms with Crippen molar-refractivity contribution in [2.45, 2.75) is 12.1 Å². The summed E-state index contributed by atoms with van der Waals surface area (Å²) in [7, 11) is 0. The van der Waals surface area contributed by atoms with Gasteiger partial charge in [0.15, 0.2) is 0 Å². The molecule has 3 aromatic carbocycles. The predicted octanol–water partition coefficient (Wildman–Crippen LogP) is 5.49. The van der Waals surface area contributed by atoms with Crippen molar-refractivity contribution in [3.8, 4) is 5.75 Å². The first-order valence-electron chi connectivity index (χ1n) is 9.76. The number of hydrogen-bond acceptors (Lipinski definition) is 4. The van der Waals surface area contributed by atoms with Crippen LogP contribution in [0.15, 0.2) is 90.8 Å². The van der Waals surface area contributed by atoms with Gasteiger partial charge in [-0.25, -0.2) is 4.68 Å². The molecule has 0 amide bonds. The summed E-state index contributed by atoms with van der Waals surface area (Å²) in [5, 5.41) is 8.69. The second-order valence-corrected chi connectivity index (χ2v) is 7.78. The zero-order valence-corrected chi connectivity index (χ0v) is 16.6. The number of nitrogens with one attached hydrogen (secondary N) is 1. The molecule has 0 fully saturated rings. The van der Waals surface area contributed by atoms with Crippen LogP contribution in [0.25, 0.3) is 5.70 Å². The highest BCUT2D eigenvalue weighted by Crippen LogP contribution is 2.50. The average Bonchev–Trinajstić information content (AvgIpc) is 3.27.